The molecular weight excluding hydrogens is 240 g/mol. The fraction of sp³-hybridized carbons (Fsp3) is 0.533. The van der Waals surface area contributed by atoms with E-state index in [9.17, 15) is 4.79 Å². The topological polar surface area (TPSA) is 64.3 Å². The molecule has 0 atom stereocenters. The predicted octanol–water partition coefficient (Wildman–Crippen LogP) is 3.43. The Bertz CT molecular complexity index is 413. The highest BCUT2D eigenvalue weighted by atomic mass is 16.5. The third-order valence-electron chi connectivity index (χ3n) is 3.16. The van der Waals surface area contributed by atoms with E-state index in [1.54, 1.807) is 25.3 Å². The van der Waals surface area contributed by atoms with Crippen LogP contribution in [-0.2, 0) is 4.79 Å². The summed E-state index contributed by atoms with van der Waals surface area (Å²) in [5, 5.41) is 2.91. The smallest absolute Gasteiger partial charge is 0.227 e. The molecule has 0 fully saturated rings. The Morgan fingerprint density at radius 1 is 1.32 bits per heavy atom. The number of ether oxygens (including phenoxy) is 1. The van der Waals surface area contributed by atoms with Gasteiger partial charge < -0.3 is 15.8 Å². The summed E-state index contributed by atoms with van der Waals surface area (Å²) in [6, 6.07) is 5.27. The van der Waals surface area contributed by atoms with Crippen LogP contribution in [0.15, 0.2) is 18.2 Å². The second-order valence-electron chi connectivity index (χ2n) is 4.72. The second-order valence-corrected chi connectivity index (χ2v) is 4.72. The Labute approximate surface area is 115 Å². The minimum Gasteiger partial charge on any atom is -0.497 e. The second kappa shape index (κ2) is 7.67. The van der Waals surface area contributed by atoms with Crippen LogP contribution in [0.1, 0.15) is 39.5 Å². The molecule has 0 aliphatic rings. The molecule has 3 N–H and O–H groups in total. The predicted molar refractivity (Wildman–Crippen MR) is 79.3 cm³/mol. The van der Waals surface area contributed by atoms with Crippen LogP contribution in [0.3, 0.4) is 0 Å². The number of methoxy groups -OCH3 is 1. The minimum atomic E-state index is 0.0450. The number of hydrogen-bond donors (Lipinski definition) is 2. The van der Waals surface area contributed by atoms with Gasteiger partial charge in [-0.1, -0.05) is 26.7 Å². The van der Waals surface area contributed by atoms with Crippen LogP contribution in [0.2, 0.25) is 0 Å². The van der Waals surface area contributed by atoms with E-state index in [-0.39, 0.29) is 11.8 Å². The summed E-state index contributed by atoms with van der Waals surface area (Å²) < 4.78 is 5.14. The van der Waals surface area contributed by atoms with Crippen LogP contribution < -0.4 is 15.8 Å². The number of nitrogens with one attached hydrogen (secondary N) is 1. The molecule has 106 valence electrons. The lowest BCUT2D eigenvalue weighted by Crippen LogP contribution is -2.23. The van der Waals surface area contributed by atoms with Crippen molar-refractivity contribution in [2.24, 2.45) is 5.92 Å². The molecule has 0 unspecified atom stereocenters. The zero-order chi connectivity index (χ0) is 14.3. The molecule has 0 radical (unpaired) electrons. The van der Waals surface area contributed by atoms with Crippen molar-refractivity contribution in [1.29, 1.82) is 0 Å². The van der Waals surface area contributed by atoms with Gasteiger partial charge in [-0.25, -0.2) is 0 Å². The molecular formula is C15H24N2O2. The van der Waals surface area contributed by atoms with Gasteiger partial charge >= 0.3 is 0 Å². The average molecular weight is 264 g/mol. The Kier molecular flexibility index (Phi) is 6.19. The molecule has 0 saturated heterocycles. The zero-order valence-electron chi connectivity index (χ0n) is 12.0. The highest BCUT2D eigenvalue weighted by Gasteiger charge is 2.17. The van der Waals surface area contributed by atoms with Crippen molar-refractivity contribution in [2.45, 2.75) is 39.5 Å². The zero-order valence-corrected chi connectivity index (χ0v) is 12.0. The van der Waals surface area contributed by atoms with Crippen molar-refractivity contribution in [3.05, 3.63) is 18.2 Å². The van der Waals surface area contributed by atoms with Gasteiger partial charge in [0.05, 0.1) is 18.5 Å². The van der Waals surface area contributed by atoms with Gasteiger partial charge in [0.15, 0.2) is 0 Å². The summed E-state index contributed by atoms with van der Waals surface area (Å²) in [4.78, 5) is 12.2. The maximum absolute atomic E-state index is 12.2. The van der Waals surface area contributed by atoms with Crippen LogP contribution >= 0.6 is 0 Å². The lowest BCUT2D eigenvalue weighted by atomic mass is 9.97. The molecule has 0 heterocycles. The Morgan fingerprint density at radius 3 is 2.47 bits per heavy atom. The van der Waals surface area contributed by atoms with E-state index in [0.717, 1.165) is 25.7 Å². The van der Waals surface area contributed by atoms with Gasteiger partial charge in [-0.15, -0.1) is 0 Å². The number of rotatable bonds is 7. The van der Waals surface area contributed by atoms with Crippen LogP contribution in [0.25, 0.3) is 0 Å². The van der Waals surface area contributed by atoms with Crippen LogP contribution in [0.4, 0.5) is 11.4 Å². The van der Waals surface area contributed by atoms with Crippen molar-refractivity contribution >= 4 is 17.3 Å². The van der Waals surface area contributed by atoms with E-state index in [1.807, 2.05) is 0 Å². The summed E-state index contributed by atoms with van der Waals surface area (Å²) >= 11 is 0. The Balaban J connectivity index is 2.79. The lowest BCUT2D eigenvalue weighted by Gasteiger charge is -2.16. The van der Waals surface area contributed by atoms with Gasteiger partial charge in [0.25, 0.3) is 0 Å². The molecule has 1 aromatic carbocycles. The molecule has 0 aromatic heterocycles. The van der Waals surface area contributed by atoms with Crippen molar-refractivity contribution < 1.29 is 9.53 Å². The number of carbonyl (C=O) groups excluding carboxylic acids is 1. The largest absolute Gasteiger partial charge is 0.497 e. The normalized spacial score (nSPS) is 10.5. The first kappa shape index (κ1) is 15.3. The maximum Gasteiger partial charge on any atom is 0.227 e. The van der Waals surface area contributed by atoms with Crippen molar-refractivity contribution in [3.8, 4) is 5.75 Å². The molecule has 0 aliphatic carbocycles. The van der Waals surface area contributed by atoms with Crippen molar-refractivity contribution in [1.82, 2.24) is 0 Å². The van der Waals surface area contributed by atoms with Crippen LogP contribution in [-0.4, -0.2) is 13.0 Å². The van der Waals surface area contributed by atoms with Gasteiger partial charge in [0, 0.05) is 12.0 Å². The fourth-order valence-corrected chi connectivity index (χ4v) is 2.11. The highest BCUT2D eigenvalue weighted by Crippen LogP contribution is 2.26. The summed E-state index contributed by atoms with van der Waals surface area (Å²) in [7, 11) is 1.59. The molecule has 0 bridgehead atoms. The molecule has 4 nitrogen and oxygen atoms in total. The summed E-state index contributed by atoms with van der Waals surface area (Å²) in [5.41, 5.74) is 7.05. The molecule has 1 amide bonds. The first-order valence-electron chi connectivity index (χ1n) is 6.86. The van der Waals surface area contributed by atoms with Gasteiger partial charge in [-0.2, -0.15) is 0 Å². The summed E-state index contributed by atoms with van der Waals surface area (Å²) in [6.07, 6.45) is 3.82. The monoisotopic (exact) mass is 264 g/mol. The van der Waals surface area contributed by atoms with Crippen LogP contribution in [0, 0.1) is 5.92 Å². The first-order valence-corrected chi connectivity index (χ1v) is 6.86. The number of amides is 1. The van der Waals surface area contributed by atoms with Crippen molar-refractivity contribution in [2.75, 3.05) is 18.2 Å². The quantitative estimate of drug-likeness (QED) is 0.741. The third-order valence-corrected chi connectivity index (χ3v) is 3.16. The van der Waals surface area contributed by atoms with Gasteiger partial charge in [0.2, 0.25) is 5.91 Å². The Hall–Kier alpha value is -1.71. The third kappa shape index (κ3) is 4.47. The van der Waals surface area contributed by atoms with E-state index in [0.29, 0.717) is 17.1 Å². The standard InChI is InChI=1S/C15H24N2O2/c1-4-6-11(7-5-2)15(18)17-14-10-12(19-3)8-9-13(14)16/h8-11H,4-7,16H2,1-3H3,(H,17,18). The van der Waals surface area contributed by atoms with E-state index < -0.39 is 0 Å². The van der Waals surface area contributed by atoms with E-state index >= 15 is 0 Å². The number of hydrogen-bond acceptors (Lipinski definition) is 3. The summed E-state index contributed by atoms with van der Waals surface area (Å²) in [5.74, 6) is 0.788. The SMILES string of the molecule is CCCC(CCC)C(=O)Nc1cc(OC)ccc1N. The van der Waals surface area contributed by atoms with E-state index in [4.69, 9.17) is 10.5 Å². The molecule has 19 heavy (non-hydrogen) atoms. The highest BCUT2D eigenvalue weighted by molar-refractivity contribution is 5.95. The lowest BCUT2D eigenvalue weighted by molar-refractivity contribution is -0.120. The fourth-order valence-electron chi connectivity index (χ4n) is 2.11. The van der Waals surface area contributed by atoms with Gasteiger partial charge in [0.1, 0.15) is 5.75 Å². The van der Waals surface area contributed by atoms with E-state index in [1.165, 1.54) is 0 Å². The molecule has 0 aliphatic heterocycles. The molecule has 1 aromatic rings. The molecule has 0 saturated carbocycles. The maximum atomic E-state index is 12.2. The molecule has 4 heteroatoms. The van der Waals surface area contributed by atoms with Crippen LogP contribution in [0.5, 0.6) is 5.75 Å². The van der Waals surface area contributed by atoms with Gasteiger partial charge in [-0.05, 0) is 25.0 Å². The van der Waals surface area contributed by atoms with Crippen molar-refractivity contribution in [3.63, 3.8) is 0 Å². The number of benzene rings is 1. The number of nitrogen functional groups attached to an aromatic ring is 1. The number of anilines is 2. The molecule has 0 spiro atoms. The van der Waals surface area contributed by atoms with Gasteiger partial charge in [-0.3, -0.25) is 4.79 Å². The number of nitrogens with two attached hydrogens (primary N) is 1. The molecule has 1 rings (SSSR count). The first-order chi connectivity index (χ1) is 9.12. The summed E-state index contributed by atoms with van der Waals surface area (Å²) in [6.45, 7) is 4.19. The average Bonchev–Trinajstić information content (AvgIpc) is 2.41. The minimum absolute atomic E-state index is 0.0450. The van der Waals surface area contributed by atoms with E-state index in [2.05, 4.69) is 19.2 Å². The Morgan fingerprint density at radius 2 is 1.95 bits per heavy atom. The number of carbonyl (C=O) groups is 1.